The molecule has 0 aliphatic carbocycles. The van der Waals surface area contributed by atoms with Gasteiger partial charge < -0.3 is 0 Å². The smallest absolute Gasteiger partial charge is 0 e. The molecule has 0 aromatic carbocycles. The summed E-state index contributed by atoms with van der Waals surface area (Å²) in [7, 11) is 0. The van der Waals surface area contributed by atoms with Crippen molar-refractivity contribution >= 4 is 44.4 Å². The van der Waals surface area contributed by atoms with Crippen LogP contribution in [0.5, 0.6) is 0 Å². The van der Waals surface area contributed by atoms with Gasteiger partial charge in [0.15, 0.2) is 0 Å². The van der Waals surface area contributed by atoms with Gasteiger partial charge in [-0.1, -0.05) is 0 Å². The monoisotopic (exact) mass is 358 g/mol. The summed E-state index contributed by atoms with van der Waals surface area (Å²) in [6.45, 7) is 0. The van der Waals surface area contributed by atoms with Gasteiger partial charge >= 0.3 is 47.9 Å². The van der Waals surface area contributed by atoms with Gasteiger partial charge in [-0.15, -0.1) is 0 Å². The first-order valence-corrected chi connectivity index (χ1v) is 1.50. The van der Waals surface area contributed by atoms with Crippen LogP contribution in [0.25, 0.3) is 0 Å². The van der Waals surface area contributed by atoms with Gasteiger partial charge in [0, 0.05) is 45.7 Å². The van der Waals surface area contributed by atoms with Crippen molar-refractivity contribution in [1.82, 2.24) is 0 Å². The van der Waals surface area contributed by atoms with Crippen LogP contribution in [0, 0.1) is 0 Å². The van der Waals surface area contributed by atoms with Crippen molar-refractivity contribution in [1.29, 1.82) is 0 Å². The quantitative estimate of drug-likeness (QED) is 0.459. The van der Waals surface area contributed by atoms with E-state index in [2.05, 4.69) is 0 Å². The summed E-state index contributed by atoms with van der Waals surface area (Å²) in [4.78, 5) is 0. The molecule has 0 amide bonds. The molecule has 0 saturated heterocycles. The second-order valence-corrected chi connectivity index (χ2v) is 0. The zero-order valence-corrected chi connectivity index (χ0v) is 10.7. The number of rotatable bonds is 0. The van der Waals surface area contributed by atoms with Gasteiger partial charge in [0.05, 0.1) is 0 Å². The molecule has 0 rings (SSSR count). The van der Waals surface area contributed by atoms with E-state index in [9.17, 15) is 0 Å². The van der Waals surface area contributed by atoms with Gasteiger partial charge in [0.2, 0.25) is 0 Å². The van der Waals surface area contributed by atoms with E-state index in [4.69, 9.17) is 3.54 Å². The predicted octanol–water partition coefficient (Wildman–Crippen LogP) is -1.96. The van der Waals surface area contributed by atoms with Crippen molar-refractivity contribution in [3.8, 4) is 0 Å². The number of hydrogen-bond donors (Lipinski definition) is 0. The average Bonchev–Trinajstić information content (AvgIpc) is 1.00. The maximum absolute atomic E-state index is 8.38. The predicted molar refractivity (Wildman–Crippen MR) is 17.8 cm³/mol. The summed E-state index contributed by atoms with van der Waals surface area (Å²) in [6, 6.07) is 0. The standard InChI is InChI=1S/Ga.In.O.Zn.Zr.4H. The summed E-state index contributed by atoms with van der Waals surface area (Å²) < 4.78 is 8.38. The minimum absolute atomic E-state index is 0. The Kier molecular flexibility index (Phi) is 145. The Balaban J connectivity index is -0.00000000167. The number of hydrogen-bond acceptors (Lipinski definition) is 1. The van der Waals surface area contributed by atoms with Crippen LogP contribution in [0.2, 0.25) is 0 Å². The molecule has 0 unspecified atom stereocenters. The van der Waals surface area contributed by atoms with Crippen LogP contribution in [0.3, 0.4) is 0 Å². The van der Waals surface area contributed by atoms with Crippen LogP contribution >= 0.6 is 0 Å². The first-order valence-electron chi connectivity index (χ1n) is 0.289. The maximum Gasteiger partial charge on any atom is 0 e. The fraction of sp³-hybridized carbons (Fsp3) is 0. The topological polar surface area (TPSA) is 17.1 Å². The molecule has 0 saturated carbocycles. The third kappa shape index (κ3) is 19.9. The summed E-state index contributed by atoms with van der Waals surface area (Å²) in [5.41, 5.74) is 0. The summed E-state index contributed by atoms with van der Waals surface area (Å²) in [6.07, 6.45) is 0. The molecular weight excluding hydrogens is 357 g/mol. The van der Waals surface area contributed by atoms with Gasteiger partial charge in [-0.25, -0.2) is 0 Å². The Bertz CT molecular complexity index is 11.6. The molecule has 0 aromatic rings. The van der Waals surface area contributed by atoms with Crippen LogP contribution in [0.4, 0.5) is 0 Å². The maximum atomic E-state index is 8.38. The van der Waals surface area contributed by atoms with Crippen LogP contribution < -0.4 is 0 Å². The third-order valence-corrected chi connectivity index (χ3v) is 0. The van der Waals surface area contributed by atoms with Crippen molar-refractivity contribution < 1.29 is 49.2 Å². The fourth-order valence-electron chi connectivity index (χ4n) is 0. The van der Waals surface area contributed by atoms with Crippen LogP contribution in [0.1, 0.15) is 0 Å². The molecule has 5 heavy (non-hydrogen) atoms. The molecule has 5 heteroatoms. The molecule has 22 valence electrons. The molecule has 0 aliphatic heterocycles. The molecule has 0 aromatic heterocycles. The van der Waals surface area contributed by atoms with Crippen molar-refractivity contribution in [3.05, 3.63) is 0 Å². The van der Waals surface area contributed by atoms with Crippen molar-refractivity contribution in [2.75, 3.05) is 0 Å². The Labute approximate surface area is 91.9 Å². The van der Waals surface area contributed by atoms with Gasteiger partial charge in [-0.3, -0.25) is 0 Å². The average molecular weight is 361 g/mol. The van der Waals surface area contributed by atoms with E-state index >= 15 is 0 Å². The fourth-order valence-corrected chi connectivity index (χ4v) is 0. The van der Waals surface area contributed by atoms with Crippen LogP contribution in [-0.4, -0.2) is 44.4 Å². The molecule has 0 bridgehead atoms. The zero-order chi connectivity index (χ0) is 2.00. The minimum Gasteiger partial charge on any atom is 0 e. The van der Waals surface area contributed by atoms with E-state index in [1.807, 2.05) is 0 Å². The molecule has 0 aliphatic rings. The van der Waals surface area contributed by atoms with Gasteiger partial charge in [-0.2, -0.15) is 0 Å². The minimum atomic E-state index is 0. The molecule has 1 nitrogen and oxygen atoms in total. The van der Waals surface area contributed by atoms with E-state index in [1.165, 1.54) is 0 Å². The summed E-state index contributed by atoms with van der Waals surface area (Å²) in [5.74, 6) is 0. The second-order valence-electron chi connectivity index (χ2n) is 0. The van der Waals surface area contributed by atoms with Crippen LogP contribution in [-0.2, 0) is 49.2 Å². The van der Waals surface area contributed by atoms with Crippen LogP contribution in [0.15, 0.2) is 0 Å². The van der Waals surface area contributed by atoms with E-state index in [1.54, 1.807) is 0 Å². The SMILES string of the molecule is [InH3].[O]=[GaH].[Zn].[Zr]. The zero-order valence-electron chi connectivity index (χ0n) is 2.32. The normalized spacial score (nSPS) is 0.600. The van der Waals surface area contributed by atoms with Crippen molar-refractivity contribution in [2.24, 2.45) is 0 Å². The van der Waals surface area contributed by atoms with Gasteiger partial charge in [-0.05, 0) is 0 Å². The van der Waals surface area contributed by atoms with Crippen molar-refractivity contribution in [2.45, 2.75) is 0 Å². The van der Waals surface area contributed by atoms with E-state index in [0.717, 1.165) is 0 Å². The third-order valence-electron chi connectivity index (χ3n) is 0. The van der Waals surface area contributed by atoms with E-state index in [-0.39, 0.29) is 90.1 Å². The molecule has 0 fully saturated rings. The molecular formula is H4GaInOZnZr. The Morgan fingerprint density at radius 1 is 1.20 bits per heavy atom. The molecule has 0 spiro atoms. The van der Waals surface area contributed by atoms with Crippen molar-refractivity contribution in [3.63, 3.8) is 0 Å². The molecule has 0 N–H and O–H groups in total. The molecule has 0 radical (unpaired) electrons. The van der Waals surface area contributed by atoms with Gasteiger partial charge in [0.1, 0.15) is 0 Å². The Morgan fingerprint density at radius 2 is 1.20 bits per heavy atom. The van der Waals surface area contributed by atoms with E-state index < -0.39 is 0 Å². The first-order chi connectivity index (χ1) is 1.00. The summed E-state index contributed by atoms with van der Waals surface area (Å²) in [5, 5.41) is 0. The Hall–Kier alpha value is 2.81. The summed E-state index contributed by atoms with van der Waals surface area (Å²) >= 11 is 0.125. The Morgan fingerprint density at radius 3 is 1.20 bits per heavy atom. The van der Waals surface area contributed by atoms with E-state index in [0.29, 0.717) is 0 Å². The largest absolute Gasteiger partial charge is 0 e. The molecule has 0 heterocycles. The molecule has 0 atom stereocenters. The second kappa shape index (κ2) is 29.1. The van der Waals surface area contributed by atoms with Gasteiger partial charge in [0.25, 0.3) is 0 Å². The first kappa shape index (κ1) is 24.9.